The van der Waals surface area contributed by atoms with E-state index in [2.05, 4.69) is 19.9 Å². The van der Waals surface area contributed by atoms with Gasteiger partial charge in [-0.3, -0.25) is 0 Å². The maximum Gasteiger partial charge on any atom is -0.0231 e. The van der Waals surface area contributed by atoms with Crippen LogP contribution < -0.4 is 0 Å². The second kappa shape index (κ2) is 11.6. The van der Waals surface area contributed by atoms with Gasteiger partial charge in [-0.1, -0.05) is 89.7 Å². The Morgan fingerprint density at radius 2 is 1.21 bits per heavy atom. The Balaban J connectivity index is 2.06. The largest absolute Gasteiger partial charge is 0.0822 e. The van der Waals surface area contributed by atoms with Crippen LogP contribution in [0.2, 0.25) is 0 Å². The van der Waals surface area contributed by atoms with Crippen LogP contribution in [-0.2, 0) is 0 Å². The van der Waals surface area contributed by atoms with E-state index in [1.807, 2.05) is 0 Å². The van der Waals surface area contributed by atoms with Gasteiger partial charge in [0, 0.05) is 0 Å². The van der Waals surface area contributed by atoms with E-state index in [0.717, 1.165) is 5.92 Å². The second-order valence-electron chi connectivity index (χ2n) is 6.49. The smallest absolute Gasteiger partial charge is 0.0231 e. The summed E-state index contributed by atoms with van der Waals surface area (Å²) in [5.41, 5.74) is 1.76. The second-order valence-corrected chi connectivity index (χ2v) is 6.49. The Labute approximate surface area is 122 Å². The van der Waals surface area contributed by atoms with Crippen LogP contribution in [0, 0.1) is 5.92 Å². The van der Waals surface area contributed by atoms with Crippen LogP contribution in [-0.4, -0.2) is 0 Å². The van der Waals surface area contributed by atoms with Crippen molar-refractivity contribution in [2.45, 2.75) is 104 Å². The molecule has 0 spiro atoms. The number of hydrogen-bond acceptors (Lipinski definition) is 0. The van der Waals surface area contributed by atoms with Gasteiger partial charge in [0.25, 0.3) is 0 Å². The molecular formula is C19H36. The zero-order chi connectivity index (χ0) is 13.8. The molecule has 1 fully saturated rings. The van der Waals surface area contributed by atoms with Crippen molar-refractivity contribution in [3.05, 3.63) is 11.6 Å². The van der Waals surface area contributed by atoms with Crippen molar-refractivity contribution >= 4 is 0 Å². The standard InChI is InChI=1S/C19H36/c1-3-5-7-9-10-12-14-18(17-19-15-16-19)13-11-8-6-4-2/h17-18H,3-16H2,1-2H3. The Kier molecular flexibility index (Phi) is 10.2. The summed E-state index contributed by atoms with van der Waals surface area (Å²) in [4.78, 5) is 0. The minimum Gasteiger partial charge on any atom is -0.0822 e. The summed E-state index contributed by atoms with van der Waals surface area (Å²) in [6.07, 6.45) is 22.7. The summed E-state index contributed by atoms with van der Waals surface area (Å²) in [5, 5.41) is 0. The van der Waals surface area contributed by atoms with Crippen LogP contribution in [0.5, 0.6) is 0 Å². The molecule has 0 radical (unpaired) electrons. The monoisotopic (exact) mass is 264 g/mol. The number of hydrogen-bond donors (Lipinski definition) is 0. The van der Waals surface area contributed by atoms with E-state index in [1.165, 1.54) is 89.9 Å². The maximum absolute atomic E-state index is 2.64. The molecular weight excluding hydrogens is 228 g/mol. The van der Waals surface area contributed by atoms with Crippen LogP contribution in [0.4, 0.5) is 0 Å². The molecule has 1 rings (SSSR count). The molecule has 0 aromatic carbocycles. The van der Waals surface area contributed by atoms with Crippen molar-refractivity contribution in [1.82, 2.24) is 0 Å². The lowest BCUT2D eigenvalue weighted by molar-refractivity contribution is 0.468. The van der Waals surface area contributed by atoms with Crippen LogP contribution in [0.15, 0.2) is 11.6 Å². The highest BCUT2D eigenvalue weighted by Gasteiger charge is 2.14. The lowest BCUT2D eigenvalue weighted by Crippen LogP contribution is -1.97. The third kappa shape index (κ3) is 10.2. The van der Waals surface area contributed by atoms with Crippen LogP contribution in [0.1, 0.15) is 104 Å². The van der Waals surface area contributed by atoms with Gasteiger partial charge < -0.3 is 0 Å². The normalized spacial score (nSPS) is 15.6. The molecule has 0 aliphatic heterocycles. The summed E-state index contributed by atoms with van der Waals surface area (Å²) in [5.74, 6) is 0.917. The van der Waals surface area contributed by atoms with Gasteiger partial charge in [0.2, 0.25) is 0 Å². The van der Waals surface area contributed by atoms with Gasteiger partial charge in [-0.05, 0) is 31.6 Å². The zero-order valence-electron chi connectivity index (χ0n) is 13.6. The lowest BCUT2D eigenvalue weighted by atomic mass is 9.93. The van der Waals surface area contributed by atoms with E-state index in [4.69, 9.17) is 0 Å². The summed E-state index contributed by atoms with van der Waals surface area (Å²) in [7, 11) is 0. The molecule has 1 aliphatic carbocycles. The van der Waals surface area contributed by atoms with Gasteiger partial charge >= 0.3 is 0 Å². The van der Waals surface area contributed by atoms with E-state index < -0.39 is 0 Å². The molecule has 19 heavy (non-hydrogen) atoms. The Bertz CT molecular complexity index is 220. The van der Waals surface area contributed by atoms with Crippen molar-refractivity contribution in [2.75, 3.05) is 0 Å². The predicted octanol–water partition coefficient (Wildman–Crippen LogP) is 7.04. The first-order chi connectivity index (χ1) is 9.36. The quantitative estimate of drug-likeness (QED) is 0.247. The fourth-order valence-corrected chi connectivity index (χ4v) is 2.90. The van der Waals surface area contributed by atoms with E-state index in [1.54, 1.807) is 5.57 Å². The van der Waals surface area contributed by atoms with Gasteiger partial charge in [0.1, 0.15) is 0 Å². The summed E-state index contributed by atoms with van der Waals surface area (Å²) < 4.78 is 0. The predicted molar refractivity (Wildman–Crippen MR) is 87.6 cm³/mol. The fourth-order valence-electron chi connectivity index (χ4n) is 2.90. The van der Waals surface area contributed by atoms with Gasteiger partial charge in [-0.25, -0.2) is 0 Å². The third-order valence-corrected chi connectivity index (χ3v) is 4.37. The molecule has 0 amide bonds. The molecule has 1 aliphatic rings. The van der Waals surface area contributed by atoms with Gasteiger partial charge in [0.05, 0.1) is 0 Å². The lowest BCUT2D eigenvalue weighted by Gasteiger charge is -2.12. The first-order valence-corrected chi connectivity index (χ1v) is 9.06. The minimum atomic E-state index is 0.917. The SMILES string of the molecule is CCCCCCCCC(C=C1CC1)CCCCCC. The number of rotatable bonds is 13. The number of allylic oxidation sites excluding steroid dienone is 2. The molecule has 0 aromatic rings. The van der Waals surface area contributed by atoms with Crippen molar-refractivity contribution in [3.63, 3.8) is 0 Å². The van der Waals surface area contributed by atoms with E-state index >= 15 is 0 Å². The van der Waals surface area contributed by atoms with Crippen molar-refractivity contribution < 1.29 is 0 Å². The fraction of sp³-hybridized carbons (Fsp3) is 0.895. The van der Waals surface area contributed by atoms with E-state index in [9.17, 15) is 0 Å². The summed E-state index contributed by atoms with van der Waals surface area (Å²) in [6.45, 7) is 4.61. The maximum atomic E-state index is 2.64. The van der Waals surface area contributed by atoms with Crippen molar-refractivity contribution in [2.24, 2.45) is 5.92 Å². The zero-order valence-corrected chi connectivity index (χ0v) is 13.6. The Morgan fingerprint density at radius 1 is 0.737 bits per heavy atom. The molecule has 0 nitrogen and oxygen atoms in total. The highest BCUT2D eigenvalue weighted by molar-refractivity contribution is 5.17. The molecule has 0 heteroatoms. The third-order valence-electron chi connectivity index (χ3n) is 4.37. The first kappa shape index (κ1) is 16.8. The Morgan fingerprint density at radius 3 is 1.74 bits per heavy atom. The van der Waals surface area contributed by atoms with Crippen LogP contribution in [0.25, 0.3) is 0 Å². The van der Waals surface area contributed by atoms with Crippen molar-refractivity contribution in [3.8, 4) is 0 Å². The molecule has 112 valence electrons. The van der Waals surface area contributed by atoms with E-state index in [0.29, 0.717) is 0 Å². The average Bonchev–Trinajstić information content (AvgIpc) is 3.22. The first-order valence-electron chi connectivity index (χ1n) is 9.06. The Hall–Kier alpha value is -0.260. The van der Waals surface area contributed by atoms with Gasteiger partial charge in [-0.2, -0.15) is 0 Å². The molecule has 0 N–H and O–H groups in total. The molecule has 1 atom stereocenters. The topological polar surface area (TPSA) is 0 Å². The average molecular weight is 264 g/mol. The summed E-state index contributed by atoms with van der Waals surface area (Å²) >= 11 is 0. The van der Waals surface area contributed by atoms with Crippen LogP contribution >= 0.6 is 0 Å². The molecule has 0 aromatic heterocycles. The van der Waals surface area contributed by atoms with Crippen LogP contribution in [0.3, 0.4) is 0 Å². The highest BCUT2D eigenvalue weighted by Crippen LogP contribution is 2.32. The van der Waals surface area contributed by atoms with Crippen molar-refractivity contribution in [1.29, 1.82) is 0 Å². The highest BCUT2D eigenvalue weighted by atomic mass is 14.2. The number of unbranched alkanes of at least 4 members (excludes halogenated alkanes) is 8. The van der Waals surface area contributed by atoms with Gasteiger partial charge in [0.15, 0.2) is 0 Å². The van der Waals surface area contributed by atoms with E-state index in [-0.39, 0.29) is 0 Å². The molecule has 0 saturated heterocycles. The molecule has 0 bridgehead atoms. The van der Waals surface area contributed by atoms with Gasteiger partial charge in [-0.15, -0.1) is 0 Å². The minimum absolute atomic E-state index is 0.917. The molecule has 1 unspecified atom stereocenters. The molecule has 0 heterocycles. The summed E-state index contributed by atoms with van der Waals surface area (Å²) in [6, 6.07) is 0. The molecule has 1 saturated carbocycles.